The molecule has 0 saturated heterocycles. The maximum Gasteiger partial charge on any atom is 0.169 e. The Bertz CT molecular complexity index is 528. The number of nitrogens with one attached hydrogen (secondary N) is 1. The minimum Gasteiger partial charge on any atom is -0.448 e. The normalized spacial score (nSPS) is 15.4. The van der Waals surface area contributed by atoms with Gasteiger partial charge in [-0.15, -0.1) is 0 Å². The van der Waals surface area contributed by atoms with Gasteiger partial charge >= 0.3 is 0 Å². The molecule has 5 heteroatoms. The molecule has 2 aromatic rings. The topological polar surface area (TPSA) is 43.0 Å². The molecule has 0 atom stereocenters. The van der Waals surface area contributed by atoms with Gasteiger partial charge in [-0.2, -0.15) is 5.10 Å². The number of aryl methyl sites for hydroxylation is 1. The predicted molar refractivity (Wildman–Crippen MR) is 68.5 cm³/mol. The highest BCUT2D eigenvalue weighted by Gasteiger charge is 2.21. The maximum absolute atomic E-state index is 5.56. The van der Waals surface area contributed by atoms with E-state index in [9.17, 15) is 0 Å². The van der Waals surface area contributed by atoms with Crippen LogP contribution < -0.4 is 5.32 Å². The lowest BCUT2D eigenvalue weighted by molar-refractivity contribution is 0.551. The predicted octanol–water partition coefficient (Wildman–Crippen LogP) is 2.69. The SMILES string of the molecule is Cn1cc(CNC2CC2)c(-c2ccc(Br)o2)n1. The molecule has 0 bridgehead atoms. The van der Waals surface area contributed by atoms with E-state index in [1.165, 1.54) is 18.4 Å². The molecule has 0 radical (unpaired) electrons. The Balaban J connectivity index is 1.86. The summed E-state index contributed by atoms with van der Waals surface area (Å²) in [5.74, 6) is 0.810. The molecule has 17 heavy (non-hydrogen) atoms. The molecule has 1 saturated carbocycles. The fourth-order valence-corrected chi connectivity index (χ4v) is 2.16. The average molecular weight is 296 g/mol. The van der Waals surface area contributed by atoms with Crippen LogP contribution in [-0.2, 0) is 13.6 Å². The van der Waals surface area contributed by atoms with Gasteiger partial charge in [0.25, 0.3) is 0 Å². The van der Waals surface area contributed by atoms with Crippen LogP contribution in [0.25, 0.3) is 11.5 Å². The molecule has 0 spiro atoms. The van der Waals surface area contributed by atoms with E-state index in [0.29, 0.717) is 6.04 Å². The van der Waals surface area contributed by atoms with E-state index in [1.807, 2.05) is 30.1 Å². The largest absolute Gasteiger partial charge is 0.448 e. The van der Waals surface area contributed by atoms with Gasteiger partial charge in [-0.1, -0.05) is 0 Å². The summed E-state index contributed by atoms with van der Waals surface area (Å²) in [5, 5.41) is 7.95. The van der Waals surface area contributed by atoms with Crippen LogP contribution in [0.4, 0.5) is 0 Å². The minimum absolute atomic E-state index is 0.700. The number of aromatic nitrogens is 2. The van der Waals surface area contributed by atoms with Gasteiger partial charge in [0, 0.05) is 31.4 Å². The van der Waals surface area contributed by atoms with Crippen LogP contribution in [0.3, 0.4) is 0 Å². The number of hydrogen-bond acceptors (Lipinski definition) is 3. The molecule has 1 aliphatic rings. The van der Waals surface area contributed by atoms with E-state index in [2.05, 4.69) is 26.3 Å². The third kappa shape index (κ3) is 2.45. The Morgan fingerprint density at radius 1 is 1.53 bits per heavy atom. The number of furan rings is 1. The molecule has 1 N–H and O–H groups in total. The number of hydrogen-bond donors (Lipinski definition) is 1. The fourth-order valence-electron chi connectivity index (χ4n) is 1.86. The van der Waals surface area contributed by atoms with E-state index < -0.39 is 0 Å². The van der Waals surface area contributed by atoms with Gasteiger partial charge in [-0.05, 0) is 40.9 Å². The summed E-state index contributed by atoms with van der Waals surface area (Å²) in [5.41, 5.74) is 2.10. The van der Waals surface area contributed by atoms with Crippen LogP contribution in [0.5, 0.6) is 0 Å². The van der Waals surface area contributed by atoms with Crippen LogP contribution in [0, 0.1) is 0 Å². The van der Waals surface area contributed by atoms with Crippen LogP contribution in [0.1, 0.15) is 18.4 Å². The lowest BCUT2D eigenvalue weighted by Crippen LogP contribution is -2.15. The molecule has 0 aliphatic heterocycles. The van der Waals surface area contributed by atoms with Gasteiger partial charge in [-0.25, -0.2) is 0 Å². The molecule has 3 rings (SSSR count). The van der Waals surface area contributed by atoms with Crippen molar-refractivity contribution < 1.29 is 4.42 Å². The Morgan fingerprint density at radius 3 is 3.00 bits per heavy atom. The lowest BCUT2D eigenvalue weighted by atomic mass is 10.2. The summed E-state index contributed by atoms with van der Waals surface area (Å²) >= 11 is 3.32. The molecule has 0 amide bonds. The van der Waals surface area contributed by atoms with Crippen LogP contribution in [0.2, 0.25) is 0 Å². The number of rotatable bonds is 4. The first-order valence-electron chi connectivity index (χ1n) is 5.74. The van der Waals surface area contributed by atoms with Crippen LogP contribution >= 0.6 is 15.9 Å². The quantitative estimate of drug-likeness (QED) is 0.943. The summed E-state index contributed by atoms with van der Waals surface area (Å²) in [4.78, 5) is 0. The molecule has 0 aromatic carbocycles. The van der Waals surface area contributed by atoms with Gasteiger partial charge in [0.2, 0.25) is 0 Å². The zero-order valence-corrected chi connectivity index (χ0v) is 11.2. The van der Waals surface area contributed by atoms with E-state index in [4.69, 9.17) is 4.42 Å². The zero-order chi connectivity index (χ0) is 11.8. The zero-order valence-electron chi connectivity index (χ0n) is 9.61. The smallest absolute Gasteiger partial charge is 0.169 e. The number of halogens is 1. The molecule has 90 valence electrons. The van der Waals surface area contributed by atoms with Crippen molar-refractivity contribution in [1.29, 1.82) is 0 Å². The van der Waals surface area contributed by atoms with E-state index in [-0.39, 0.29) is 0 Å². The van der Waals surface area contributed by atoms with Gasteiger partial charge in [0.1, 0.15) is 5.69 Å². The van der Waals surface area contributed by atoms with Crippen molar-refractivity contribution in [3.63, 3.8) is 0 Å². The fraction of sp³-hybridized carbons (Fsp3) is 0.417. The van der Waals surface area contributed by atoms with Crippen molar-refractivity contribution in [3.8, 4) is 11.5 Å². The molecular formula is C12H14BrN3O. The maximum atomic E-state index is 5.56. The van der Waals surface area contributed by atoms with Gasteiger partial charge in [-0.3, -0.25) is 4.68 Å². The summed E-state index contributed by atoms with van der Waals surface area (Å²) < 4.78 is 8.12. The van der Waals surface area contributed by atoms with E-state index in [0.717, 1.165) is 22.7 Å². The molecule has 1 aliphatic carbocycles. The Morgan fingerprint density at radius 2 is 2.35 bits per heavy atom. The highest BCUT2D eigenvalue weighted by molar-refractivity contribution is 9.10. The summed E-state index contributed by atoms with van der Waals surface area (Å²) in [6.45, 7) is 0.853. The van der Waals surface area contributed by atoms with Crippen molar-refractivity contribution in [2.24, 2.45) is 7.05 Å². The Kier molecular flexibility index (Phi) is 2.80. The minimum atomic E-state index is 0.700. The summed E-state index contributed by atoms with van der Waals surface area (Å²) in [6.07, 6.45) is 4.63. The average Bonchev–Trinajstić information content (AvgIpc) is 2.91. The second-order valence-corrected chi connectivity index (χ2v) is 5.22. The van der Waals surface area contributed by atoms with Gasteiger partial charge < -0.3 is 9.73 Å². The van der Waals surface area contributed by atoms with Gasteiger partial charge in [0.05, 0.1) is 0 Å². The second kappa shape index (κ2) is 4.31. The second-order valence-electron chi connectivity index (χ2n) is 4.44. The van der Waals surface area contributed by atoms with Crippen LogP contribution in [0.15, 0.2) is 27.4 Å². The van der Waals surface area contributed by atoms with Crippen molar-refractivity contribution in [3.05, 3.63) is 28.6 Å². The lowest BCUT2D eigenvalue weighted by Gasteiger charge is -2.01. The molecule has 2 aromatic heterocycles. The molecular weight excluding hydrogens is 282 g/mol. The molecule has 4 nitrogen and oxygen atoms in total. The molecule has 2 heterocycles. The first-order valence-corrected chi connectivity index (χ1v) is 6.53. The van der Waals surface area contributed by atoms with Crippen molar-refractivity contribution >= 4 is 15.9 Å². The Labute approximate surface area is 108 Å². The number of nitrogens with zero attached hydrogens (tertiary/aromatic N) is 2. The first-order chi connectivity index (χ1) is 8.22. The summed E-state index contributed by atoms with van der Waals surface area (Å²) in [6, 6.07) is 4.53. The third-order valence-electron chi connectivity index (χ3n) is 2.87. The summed E-state index contributed by atoms with van der Waals surface area (Å²) in [7, 11) is 1.93. The Hall–Kier alpha value is -1.07. The molecule has 0 unspecified atom stereocenters. The monoisotopic (exact) mass is 295 g/mol. The highest BCUT2D eigenvalue weighted by Crippen LogP contribution is 2.27. The third-order valence-corrected chi connectivity index (χ3v) is 3.30. The standard InChI is InChI=1S/C12H14BrN3O/c1-16-7-8(6-14-9-2-3-9)12(15-16)10-4-5-11(13)17-10/h4-5,7,9,14H,2-3,6H2,1H3. The van der Waals surface area contributed by atoms with Crippen molar-refractivity contribution in [1.82, 2.24) is 15.1 Å². The van der Waals surface area contributed by atoms with Gasteiger partial charge in [0.15, 0.2) is 10.4 Å². The highest BCUT2D eigenvalue weighted by atomic mass is 79.9. The van der Waals surface area contributed by atoms with Crippen LogP contribution in [-0.4, -0.2) is 15.8 Å². The first kappa shape index (κ1) is 11.0. The van der Waals surface area contributed by atoms with E-state index in [1.54, 1.807) is 0 Å². The van der Waals surface area contributed by atoms with Crippen molar-refractivity contribution in [2.45, 2.75) is 25.4 Å². The van der Waals surface area contributed by atoms with E-state index >= 15 is 0 Å². The molecule has 1 fully saturated rings. The van der Waals surface area contributed by atoms with Crippen molar-refractivity contribution in [2.75, 3.05) is 0 Å².